The average molecular weight is 325 g/mol. The SMILES string of the molecule is CC(=O)c1ccc[n+](C(=O)N(C)c2ccc(Cl)cc2)c1.[Cl-]. The zero-order chi connectivity index (χ0) is 14.7. The van der Waals surface area contributed by atoms with Gasteiger partial charge in [-0.3, -0.25) is 4.79 Å². The highest BCUT2D eigenvalue weighted by Crippen LogP contribution is 2.16. The Morgan fingerprint density at radius 2 is 1.76 bits per heavy atom. The van der Waals surface area contributed by atoms with Crippen LogP contribution in [0.5, 0.6) is 0 Å². The molecule has 0 aliphatic carbocycles. The number of anilines is 1. The van der Waals surface area contributed by atoms with E-state index in [1.807, 2.05) is 0 Å². The quantitative estimate of drug-likeness (QED) is 0.573. The van der Waals surface area contributed by atoms with Crippen LogP contribution in [0.25, 0.3) is 0 Å². The van der Waals surface area contributed by atoms with Crippen molar-refractivity contribution in [2.45, 2.75) is 6.92 Å². The second kappa shape index (κ2) is 7.20. The molecule has 1 heterocycles. The summed E-state index contributed by atoms with van der Waals surface area (Å²) in [5.74, 6) is -0.0821. The van der Waals surface area contributed by atoms with Crippen molar-refractivity contribution in [2.24, 2.45) is 0 Å². The summed E-state index contributed by atoms with van der Waals surface area (Å²) < 4.78 is 1.38. The molecule has 6 heteroatoms. The van der Waals surface area contributed by atoms with E-state index in [0.717, 1.165) is 5.69 Å². The number of amides is 1. The van der Waals surface area contributed by atoms with Crippen LogP contribution in [-0.4, -0.2) is 18.9 Å². The fourth-order valence-electron chi connectivity index (χ4n) is 1.75. The maximum Gasteiger partial charge on any atom is 0.502 e. The Morgan fingerprint density at radius 1 is 1.14 bits per heavy atom. The van der Waals surface area contributed by atoms with Gasteiger partial charge in [-0.25, -0.2) is 0 Å². The van der Waals surface area contributed by atoms with E-state index in [4.69, 9.17) is 11.6 Å². The van der Waals surface area contributed by atoms with Gasteiger partial charge in [-0.1, -0.05) is 11.6 Å². The lowest BCUT2D eigenvalue weighted by Gasteiger charge is -2.09. The molecule has 21 heavy (non-hydrogen) atoms. The van der Waals surface area contributed by atoms with E-state index in [1.165, 1.54) is 22.6 Å². The van der Waals surface area contributed by atoms with Gasteiger partial charge >= 0.3 is 6.03 Å². The standard InChI is InChI=1S/C15H14ClN2O2.ClH/c1-11(19)12-4-3-9-18(10-12)15(20)17(2)14-7-5-13(16)6-8-14;/h3-10H,1-2H3;1H/q+1;/p-1. The van der Waals surface area contributed by atoms with Crippen LogP contribution in [0.4, 0.5) is 10.5 Å². The Morgan fingerprint density at radius 3 is 2.33 bits per heavy atom. The fraction of sp³-hybridized carbons (Fsp3) is 0.133. The predicted molar refractivity (Wildman–Crippen MR) is 77.3 cm³/mol. The van der Waals surface area contributed by atoms with Crippen LogP contribution >= 0.6 is 11.6 Å². The highest BCUT2D eigenvalue weighted by atomic mass is 35.5. The third-order valence-electron chi connectivity index (χ3n) is 2.93. The molecular weight excluding hydrogens is 311 g/mol. The number of hydrogen-bond donors (Lipinski definition) is 0. The molecule has 0 atom stereocenters. The number of carbonyl (C=O) groups excluding carboxylic acids is 2. The molecule has 0 radical (unpaired) electrons. The topological polar surface area (TPSA) is 41.3 Å². The molecule has 0 spiro atoms. The molecule has 0 fully saturated rings. The summed E-state index contributed by atoms with van der Waals surface area (Å²) in [6.45, 7) is 1.47. The lowest BCUT2D eigenvalue weighted by Crippen LogP contribution is -3.00. The number of nitrogens with zero attached hydrogens (tertiary/aromatic N) is 2. The van der Waals surface area contributed by atoms with E-state index in [2.05, 4.69) is 0 Å². The summed E-state index contributed by atoms with van der Waals surface area (Å²) in [6, 6.07) is 10.0. The van der Waals surface area contributed by atoms with Crippen molar-refractivity contribution >= 4 is 29.1 Å². The molecule has 1 aromatic carbocycles. The molecular formula is C15H14Cl2N2O2. The van der Waals surface area contributed by atoms with Crippen LogP contribution in [-0.2, 0) is 0 Å². The number of carbonyl (C=O) groups is 2. The van der Waals surface area contributed by atoms with Gasteiger partial charge in [-0.05, 0) is 43.3 Å². The van der Waals surface area contributed by atoms with Gasteiger partial charge in [0.05, 0.1) is 18.8 Å². The molecule has 0 aliphatic rings. The number of benzene rings is 1. The van der Waals surface area contributed by atoms with Crippen LogP contribution in [0, 0.1) is 0 Å². The Bertz CT molecular complexity index is 657. The van der Waals surface area contributed by atoms with Crippen molar-refractivity contribution in [1.29, 1.82) is 0 Å². The summed E-state index contributed by atoms with van der Waals surface area (Å²) in [4.78, 5) is 25.2. The molecule has 0 saturated carbocycles. The number of ketones is 1. The van der Waals surface area contributed by atoms with E-state index < -0.39 is 0 Å². The molecule has 0 N–H and O–H groups in total. The lowest BCUT2D eigenvalue weighted by molar-refractivity contribution is -0.569. The summed E-state index contributed by atoms with van der Waals surface area (Å²) >= 11 is 5.82. The first-order chi connectivity index (χ1) is 9.49. The molecule has 4 nitrogen and oxygen atoms in total. The number of hydrogen-bond acceptors (Lipinski definition) is 2. The van der Waals surface area contributed by atoms with Gasteiger partial charge in [0.25, 0.3) is 0 Å². The monoisotopic (exact) mass is 324 g/mol. The Hall–Kier alpha value is -1.91. The van der Waals surface area contributed by atoms with Crippen LogP contribution in [0.2, 0.25) is 5.02 Å². The molecule has 0 saturated heterocycles. The Balaban J connectivity index is 0.00000220. The summed E-state index contributed by atoms with van der Waals surface area (Å²) in [6.07, 6.45) is 3.14. The number of Topliss-reactive ketones (excluding diaryl/α,β-unsaturated/α-hetero) is 1. The fourth-order valence-corrected chi connectivity index (χ4v) is 1.88. The summed E-state index contributed by atoms with van der Waals surface area (Å²) in [5, 5.41) is 0.612. The second-order valence-corrected chi connectivity index (χ2v) is 4.81. The van der Waals surface area contributed by atoms with Crippen LogP contribution < -0.4 is 21.9 Å². The lowest BCUT2D eigenvalue weighted by atomic mass is 10.2. The van der Waals surface area contributed by atoms with Gasteiger partial charge in [0.15, 0.2) is 5.78 Å². The molecule has 0 bridgehead atoms. The predicted octanol–water partition coefficient (Wildman–Crippen LogP) is -0.0614. The van der Waals surface area contributed by atoms with Crippen LogP contribution in [0.15, 0.2) is 48.8 Å². The van der Waals surface area contributed by atoms with E-state index in [-0.39, 0.29) is 24.2 Å². The third kappa shape index (κ3) is 4.03. The minimum absolute atomic E-state index is 0. The molecule has 2 rings (SSSR count). The molecule has 1 aromatic heterocycles. The van der Waals surface area contributed by atoms with Crippen molar-refractivity contribution < 1.29 is 26.6 Å². The number of halogens is 2. The Labute approximate surface area is 134 Å². The summed E-state index contributed by atoms with van der Waals surface area (Å²) in [7, 11) is 1.67. The minimum Gasteiger partial charge on any atom is -1.00 e. The molecule has 0 aliphatic heterocycles. The van der Waals surface area contributed by atoms with Gasteiger partial charge in [0.1, 0.15) is 11.9 Å². The van der Waals surface area contributed by atoms with Crippen molar-refractivity contribution in [2.75, 3.05) is 11.9 Å². The van der Waals surface area contributed by atoms with Gasteiger partial charge < -0.3 is 12.4 Å². The van der Waals surface area contributed by atoms with E-state index in [1.54, 1.807) is 49.6 Å². The van der Waals surface area contributed by atoms with Crippen molar-refractivity contribution in [3.05, 3.63) is 59.4 Å². The Kier molecular flexibility index (Phi) is 5.88. The van der Waals surface area contributed by atoms with Crippen LogP contribution in [0.3, 0.4) is 0 Å². The van der Waals surface area contributed by atoms with E-state index in [9.17, 15) is 9.59 Å². The smallest absolute Gasteiger partial charge is 0.502 e. The van der Waals surface area contributed by atoms with Gasteiger partial charge in [0, 0.05) is 5.02 Å². The number of aromatic nitrogens is 1. The third-order valence-corrected chi connectivity index (χ3v) is 3.18. The average Bonchev–Trinajstić information content (AvgIpc) is 2.46. The maximum atomic E-state index is 12.3. The normalized spacial score (nSPS) is 9.67. The first-order valence-electron chi connectivity index (χ1n) is 6.05. The van der Waals surface area contributed by atoms with Gasteiger partial charge in [0.2, 0.25) is 0 Å². The first kappa shape index (κ1) is 17.1. The minimum atomic E-state index is -0.254. The van der Waals surface area contributed by atoms with E-state index in [0.29, 0.717) is 10.6 Å². The summed E-state index contributed by atoms with van der Waals surface area (Å²) in [5.41, 5.74) is 1.21. The van der Waals surface area contributed by atoms with Gasteiger partial charge in [-0.15, -0.1) is 0 Å². The van der Waals surface area contributed by atoms with Crippen LogP contribution in [0.1, 0.15) is 17.3 Å². The maximum absolute atomic E-state index is 12.3. The second-order valence-electron chi connectivity index (χ2n) is 4.37. The first-order valence-corrected chi connectivity index (χ1v) is 6.43. The zero-order valence-electron chi connectivity index (χ0n) is 11.6. The zero-order valence-corrected chi connectivity index (χ0v) is 13.1. The van der Waals surface area contributed by atoms with Crippen molar-refractivity contribution in [3.8, 4) is 0 Å². The molecule has 110 valence electrons. The van der Waals surface area contributed by atoms with Gasteiger partial charge in [-0.2, -0.15) is 14.3 Å². The molecule has 1 amide bonds. The number of rotatable bonds is 2. The highest BCUT2D eigenvalue weighted by molar-refractivity contribution is 6.30. The molecule has 0 unspecified atom stereocenters. The van der Waals surface area contributed by atoms with Crippen molar-refractivity contribution in [3.63, 3.8) is 0 Å². The molecule has 2 aromatic rings. The largest absolute Gasteiger partial charge is 1.00 e. The van der Waals surface area contributed by atoms with Crippen molar-refractivity contribution in [1.82, 2.24) is 0 Å². The highest BCUT2D eigenvalue weighted by Gasteiger charge is 2.22. The number of pyridine rings is 1. The van der Waals surface area contributed by atoms with E-state index >= 15 is 0 Å².